The van der Waals surface area contributed by atoms with Crippen molar-refractivity contribution in [1.82, 2.24) is 10.2 Å². The van der Waals surface area contributed by atoms with Crippen molar-refractivity contribution in [1.29, 1.82) is 0 Å². The number of Topliss-reactive ketones (excluding diaryl/α,β-unsaturated/α-hetero) is 1. The van der Waals surface area contributed by atoms with Crippen LogP contribution in [0.2, 0.25) is 0 Å². The van der Waals surface area contributed by atoms with Gasteiger partial charge in [0.05, 0.1) is 36.3 Å². The van der Waals surface area contributed by atoms with Crippen molar-refractivity contribution >= 4 is 34.0 Å². The van der Waals surface area contributed by atoms with Gasteiger partial charge in [0.15, 0.2) is 5.78 Å². The van der Waals surface area contributed by atoms with Crippen molar-refractivity contribution in [3.8, 4) is 11.5 Å². The molecule has 0 saturated heterocycles. The fraction of sp³-hybridized carbons (Fsp3) is 0.500. The Kier molecular flexibility index (Phi) is 29.5. The molecule has 2 amide bonds. The summed E-state index contributed by atoms with van der Waals surface area (Å²) in [4.78, 5) is 38.6. The van der Waals surface area contributed by atoms with Crippen molar-refractivity contribution in [3.05, 3.63) is 118 Å². The first-order valence-electron chi connectivity index (χ1n) is 21.9. The summed E-state index contributed by atoms with van der Waals surface area (Å²) < 4.78 is 23.4. The second-order valence-electron chi connectivity index (χ2n) is 14.9. The van der Waals surface area contributed by atoms with Gasteiger partial charge < -0.3 is 48.7 Å². The van der Waals surface area contributed by atoms with Gasteiger partial charge in [-0.2, -0.15) is 6.42 Å². The molecular formula is C50H72BrN3O7U. The second kappa shape index (κ2) is 31.9. The van der Waals surface area contributed by atoms with E-state index < -0.39 is 5.41 Å². The summed E-state index contributed by atoms with van der Waals surface area (Å²) in [6.45, 7) is 30.1. The molecule has 10 nitrogen and oxygen atoms in total. The maximum atomic E-state index is 14.1. The number of ether oxygens (including phenoxy) is 4. The number of benzene rings is 3. The monoisotopic (exact) mass is 1140 g/mol. The normalized spacial score (nSPS) is 14.3. The van der Waals surface area contributed by atoms with E-state index in [1.54, 1.807) is 6.08 Å². The van der Waals surface area contributed by atoms with Gasteiger partial charge in [0.2, 0.25) is 6.41 Å². The van der Waals surface area contributed by atoms with Crippen LogP contribution in [0.4, 0.5) is 0 Å². The number of carbonyl (C=O) groups is 3. The van der Waals surface area contributed by atoms with Gasteiger partial charge in [-0.25, -0.2) is 0 Å². The maximum Gasteiger partial charge on any atom is 2.00 e. The van der Waals surface area contributed by atoms with Gasteiger partial charge in [-0.3, -0.25) is 14.4 Å². The van der Waals surface area contributed by atoms with Crippen LogP contribution in [0.3, 0.4) is 0 Å². The summed E-state index contributed by atoms with van der Waals surface area (Å²) in [6, 6.07) is 16.3. The van der Waals surface area contributed by atoms with E-state index in [0.29, 0.717) is 57.3 Å². The Bertz CT molecular complexity index is 1790. The summed E-state index contributed by atoms with van der Waals surface area (Å²) in [6.07, 6.45) is 8.60. The average Bonchev–Trinajstić information content (AvgIpc) is 4.12. The molecule has 1 atom stereocenters. The summed E-state index contributed by atoms with van der Waals surface area (Å²) in [5.74, 6) is 1.64. The first-order chi connectivity index (χ1) is 29.5. The number of hydrogen-bond acceptors (Lipinski definition) is 8. The van der Waals surface area contributed by atoms with Gasteiger partial charge in [-0.05, 0) is 97.3 Å². The third-order valence-corrected chi connectivity index (χ3v) is 11.3. The maximum absolute atomic E-state index is 14.1. The Balaban J connectivity index is 0.000000911. The molecule has 1 unspecified atom stereocenters. The van der Waals surface area contributed by atoms with E-state index in [4.69, 9.17) is 23.7 Å². The van der Waals surface area contributed by atoms with Crippen LogP contribution in [0.25, 0.3) is 0 Å². The van der Waals surface area contributed by atoms with E-state index in [2.05, 4.69) is 105 Å². The van der Waals surface area contributed by atoms with E-state index in [0.717, 1.165) is 108 Å². The molecule has 0 aromatic heterocycles. The van der Waals surface area contributed by atoms with Gasteiger partial charge in [-0.15, -0.1) is 6.58 Å². The second-order valence-corrected chi connectivity index (χ2v) is 15.7. The topological polar surface area (TPSA) is 129 Å². The molecule has 0 spiro atoms. The van der Waals surface area contributed by atoms with Gasteiger partial charge in [0.1, 0.15) is 11.5 Å². The number of primary amides is 1. The first-order valence-corrected chi connectivity index (χ1v) is 22.7. The minimum Gasteiger partial charge on any atom is -0.455 e. The Hall–Kier alpha value is -2.82. The van der Waals surface area contributed by atoms with Crippen LogP contribution in [0.5, 0.6) is 11.5 Å². The number of nitrogens with two attached hydrogens (primary N) is 1. The summed E-state index contributed by atoms with van der Waals surface area (Å²) in [5, 5.41) is 3.17. The molecule has 1 fully saturated rings. The summed E-state index contributed by atoms with van der Waals surface area (Å²) in [7, 11) is 0. The van der Waals surface area contributed by atoms with E-state index in [1.165, 1.54) is 0 Å². The quantitative estimate of drug-likeness (QED) is 0.0316. The summed E-state index contributed by atoms with van der Waals surface area (Å²) in [5.41, 5.74) is 9.78. The number of rotatable bonds is 23. The molecule has 5 rings (SSSR count). The smallest absolute Gasteiger partial charge is 0.455 e. The third kappa shape index (κ3) is 17.3. The number of halogens is 1. The Morgan fingerprint density at radius 1 is 0.935 bits per heavy atom. The van der Waals surface area contributed by atoms with Crippen LogP contribution in [0.1, 0.15) is 121 Å². The van der Waals surface area contributed by atoms with Crippen LogP contribution in [0, 0.1) is 64.7 Å². The van der Waals surface area contributed by atoms with Crippen LogP contribution in [-0.2, 0) is 24.4 Å². The van der Waals surface area contributed by atoms with Crippen LogP contribution < -0.4 is 15.8 Å². The van der Waals surface area contributed by atoms with Gasteiger partial charge >= 0.3 is 31.1 Å². The third-order valence-electron chi connectivity index (χ3n) is 10.3. The molecule has 1 saturated carbocycles. The summed E-state index contributed by atoms with van der Waals surface area (Å²) >= 11 is 3.79. The van der Waals surface area contributed by atoms with Crippen LogP contribution in [-0.4, -0.2) is 88.8 Å². The number of aryl methyl sites for hydroxylation is 2. The van der Waals surface area contributed by atoms with E-state index in [1.807, 2.05) is 36.9 Å². The predicted octanol–water partition coefficient (Wildman–Crippen LogP) is 10.1. The Labute approximate surface area is 405 Å². The van der Waals surface area contributed by atoms with E-state index in [9.17, 15) is 9.59 Å². The molecule has 62 heavy (non-hydrogen) atoms. The molecule has 340 valence electrons. The number of amides is 2. The van der Waals surface area contributed by atoms with Crippen LogP contribution in [0.15, 0.2) is 65.7 Å². The molecule has 1 heterocycles. The Morgan fingerprint density at radius 3 is 2.23 bits per heavy atom. The zero-order chi connectivity index (χ0) is 45.2. The zero-order valence-electron chi connectivity index (χ0n) is 38.3. The molecule has 1 aliphatic heterocycles. The number of nitrogens with zero attached hydrogens (tertiary/aromatic N) is 1. The van der Waals surface area contributed by atoms with Gasteiger partial charge in [0.25, 0.3) is 5.91 Å². The predicted molar refractivity (Wildman–Crippen MR) is 252 cm³/mol. The van der Waals surface area contributed by atoms with Crippen molar-refractivity contribution in [2.45, 2.75) is 91.9 Å². The molecule has 3 aromatic carbocycles. The number of carbonyl (C=O) groups excluding carboxylic acids is 3. The van der Waals surface area contributed by atoms with E-state index >= 15 is 0 Å². The first kappa shape index (κ1) is 57.2. The number of fused-ring (bicyclic) bond motifs is 2. The molecule has 2 aliphatic rings. The number of nitrogens with one attached hydrogen (secondary N) is 1. The molecular weight excluding hydrogens is 1070 g/mol. The zero-order valence-corrected chi connectivity index (χ0v) is 44.0. The van der Waals surface area contributed by atoms with Crippen LogP contribution >= 0.6 is 15.9 Å². The number of ketones is 1. The molecule has 0 radical (unpaired) electrons. The molecule has 1 aliphatic carbocycles. The van der Waals surface area contributed by atoms with Crippen molar-refractivity contribution < 1.29 is 64.4 Å². The fourth-order valence-corrected chi connectivity index (χ4v) is 7.39. The van der Waals surface area contributed by atoms with Crippen molar-refractivity contribution in [2.75, 3.05) is 65.8 Å². The average molecular weight is 1150 g/mol. The molecule has 3 N–H and O–H groups in total. The molecule has 0 bridgehead atoms. The molecule has 3 aromatic rings. The van der Waals surface area contributed by atoms with Gasteiger partial charge in [-0.1, -0.05) is 76.6 Å². The Morgan fingerprint density at radius 2 is 1.60 bits per heavy atom. The standard InChI is InChI=1S/C38H45BrNO4.C9H18NO2.C2H6.CH3NO.U/c1-6-8-9-10-19-40(20-22-43-21-7-2)37(42)28-15-18-30(29(24-28)35(41)27-13-14-27)38(5)31-16-11-25(3)23-33(31)44-36-32(38)17-12-26(4)34(36)39;1-3-7-12-9-6-10-5-8-11-4-2;1-2;2-1-3;/h11-12,15-18,23-24,27H,1,6-10,13-14,19-22H2,2-5H3;3,10H,1-2,4-9H2;1-2H3;1H,(H2,2,3);/q2*-1;;;+2. The number of hydrogen-bond donors (Lipinski definition) is 2. The fourth-order valence-electron chi connectivity index (χ4n) is 6.96. The minimum absolute atomic E-state index is 0. The largest absolute Gasteiger partial charge is 2.00 e. The molecule has 12 heteroatoms. The van der Waals surface area contributed by atoms with E-state index in [-0.39, 0.29) is 55.1 Å². The van der Waals surface area contributed by atoms with Gasteiger partial charge in [0, 0.05) is 61.0 Å². The number of unbranched alkanes of at least 4 members (excludes halogenated alkanes) is 3. The minimum atomic E-state index is -0.670. The van der Waals surface area contributed by atoms with Crippen molar-refractivity contribution in [2.24, 2.45) is 11.7 Å². The van der Waals surface area contributed by atoms with Crippen molar-refractivity contribution in [3.63, 3.8) is 0 Å². The SMILES string of the molecule is C=CCOCCNCCOC[CH2-].CC.NC=O.[CH2-]CCCCCN(CCOCCC)C(=O)c1ccc(C2(C)c3ccc(C)cc3Oc3c2ccc(C)c3Br)c(C(=O)C2CC2)c1.[U+2].